The van der Waals surface area contributed by atoms with Crippen LogP contribution < -0.4 is 16.4 Å². The number of para-hydroxylation sites is 1. The highest BCUT2D eigenvalue weighted by molar-refractivity contribution is 8.00. The molecule has 1 heterocycles. The first-order valence-electron chi connectivity index (χ1n) is 5.68. The molecular formula is C12H15N3O2S. The van der Waals surface area contributed by atoms with Gasteiger partial charge in [-0.2, -0.15) is 0 Å². The third-order valence-corrected chi connectivity index (χ3v) is 3.76. The van der Waals surface area contributed by atoms with E-state index < -0.39 is 0 Å². The second-order valence-electron chi connectivity index (χ2n) is 4.10. The van der Waals surface area contributed by atoms with Crippen molar-refractivity contribution in [1.29, 1.82) is 0 Å². The number of primary amides is 1. The number of carbonyl (C=O) groups is 2. The Morgan fingerprint density at radius 3 is 2.72 bits per heavy atom. The molecule has 0 unspecified atom stereocenters. The van der Waals surface area contributed by atoms with E-state index in [1.807, 2.05) is 24.3 Å². The van der Waals surface area contributed by atoms with Crippen molar-refractivity contribution < 1.29 is 9.59 Å². The lowest BCUT2D eigenvalue weighted by molar-refractivity contribution is -0.121. The van der Waals surface area contributed by atoms with E-state index in [2.05, 4.69) is 10.6 Å². The molecule has 1 aromatic carbocycles. The Morgan fingerprint density at radius 1 is 1.39 bits per heavy atom. The van der Waals surface area contributed by atoms with Crippen LogP contribution in [0.5, 0.6) is 0 Å². The minimum Gasteiger partial charge on any atom is -0.369 e. The minimum atomic E-state index is -0.371. The van der Waals surface area contributed by atoms with Gasteiger partial charge in [0.2, 0.25) is 11.8 Å². The molecule has 0 spiro atoms. The smallest absolute Gasteiger partial charge is 0.230 e. The molecule has 0 atom stereocenters. The first-order chi connectivity index (χ1) is 8.66. The molecule has 1 aliphatic rings. The van der Waals surface area contributed by atoms with Crippen LogP contribution in [0.2, 0.25) is 0 Å². The number of thioether (sulfide) groups is 1. The number of nitrogens with two attached hydrogens (primary N) is 1. The van der Waals surface area contributed by atoms with E-state index in [0.29, 0.717) is 0 Å². The van der Waals surface area contributed by atoms with Gasteiger partial charge in [-0.25, -0.2) is 0 Å². The van der Waals surface area contributed by atoms with Crippen LogP contribution in [-0.4, -0.2) is 30.7 Å². The SMILES string of the molecule is NC(=O)CSc1ccccc1NC(=O)C1CNC1. The summed E-state index contributed by atoms with van der Waals surface area (Å²) in [5.74, 6) is -0.109. The zero-order chi connectivity index (χ0) is 13.0. The summed E-state index contributed by atoms with van der Waals surface area (Å²) < 4.78 is 0. The van der Waals surface area contributed by atoms with Gasteiger partial charge in [-0.15, -0.1) is 11.8 Å². The topological polar surface area (TPSA) is 84.2 Å². The van der Waals surface area contributed by atoms with Gasteiger partial charge >= 0.3 is 0 Å². The molecule has 5 nitrogen and oxygen atoms in total. The Bertz CT molecular complexity index is 460. The van der Waals surface area contributed by atoms with E-state index in [0.717, 1.165) is 23.7 Å². The highest BCUT2D eigenvalue weighted by atomic mass is 32.2. The molecule has 96 valence electrons. The molecule has 4 N–H and O–H groups in total. The summed E-state index contributed by atoms with van der Waals surface area (Å²) >= 11 is 1.33. The summed E-state index contributed by atoms with van der Waals surface area (Å²) in [5, 5.41) is 5.94. The van der Waals surface area contributed by atoms with Crippen molar-refractivity contribution in [3.63, 3.8) is 0 Å². The predicted octanol–water partition coefficient (Wildman–Crippen LogP) is 0.422. The summed E-state index contributed by atoms with van der Waals surface area (Å²) in [7, 11) is 0. The van der Waals surface area contributed by atoms with E-state index in [1.165, 1.54) is 11.8 Å². The molecule has 1 aromatic rings. The predicted molar refractivity (Wildman–Crippen MR) is 71.3 cm³/mol. The third-order valence-electron chi connectivity index (χ3n) is 2.67. The Balaban J connectivity index is 2.01. The normalized spacial score (nSPS) is 14.9. The standard InChI is InChI=1S/C12H15N3O2S/c13-11(16)7-18-10-4-2-1-3-9(10)15-12(17)8-5-14-6-8/h1-4,8,14H,5-7H2,(H2,13,16)(H,15,17). The fourth-order valence-electron chi connectivity index (χ4n) is 1.55. The number of anilines is 1. The number of rotatable bonds is 5. The molecule has 18 heavy (non-hydrogen) atoms. The molecule has 0 saturated carbocycles. The number of hydrogen-bond acceptors (Lipinski definition) is 4. The van der Waals surface area contributed by atoms with Gasteiger partial charge in [0.15, 0.2) is 0 Å². The summed E-state index contributed by atoms with van der Waals surface area (Å²) in [6, 6.07) is 7.41. The third kappa shape index (κ3) is 3.24. The molecular weight excluding hydrogens is 250 g/mol. The molecule has 0 bridgehead atoms. The summed E-state index contributed by atoms with van der Waals surface area (Å²) in [5.41, 5.74) is 5.85. The maximum Gasteiger partial charge on any atom is 0.230 e. The van der Waals surface area contributed by atoms with E-state index >= 15 is 0 Å². The second kappa shape index (κ2) is 5.88. The summed E-state index contributed by atoms with van der Waals surface area (Å²) in [6.07, 6.45) is 0. The molecule has 0 aromatic heterocycles. The van der Waals surface area contributed by atoms with Gasteiger partial charge in [0.1, 0.15) is 0 Å². The van der Waals surface area contributed by atoms with Gasteiger partial charge in [0.25, 0.3) is 0 Å². The highest BCUT2D eigenvalue weighted by Gasteiger charge is 2.25. The number of hydrogen-bond donors (Lipinski definition) is 3. The Morgan fingerprint density at radius 2 is 2.11 bits per heavy atom. The highest BCUT2D eigenvalue weighted by Crippen LogP contribution is 2.27. The first kappa shape index (κ1) is 12.9. The van der Waals surface area contributed by atoms with Crippen molar-refractivity contribution in [2.45, 2.75) is 4.90 Å². The zero-order valence-corrected chi connectivity index (χ0v) is 10.6. The lowest BCUT2D eigenvalue weighted by Crippen LogP contribution is -2.48. The monoisotopic (exact) mass is 265 g/mol. The van der Waals surface area contributed by atoms with Gasteiger partial charge < -0.3 is 16.4 Å². The van der Waals surface area contributed by atoms with E-state index in [4.69, 9.17) is 5.73 Å². The van der Waals surface area contributed by atoms with Gasteiger partial charge in [0, 0.05) is 18.0 Å². The largest absolute Gasteiger partial charge is 0.369 e. The Kier molecular flexibility index (Phi) is 4.22. The number of benzene rings is 1. The van der Waals surface area contributed by atoms with Crippen LogP contribution in [0, 0.1) is 5.92 Å². The molecule has 0 aliphatic carbocycles. The average molecular weight is 265 g/mol. The van der Waals surface area contributed by atoms with Crippen LogP contribution in [0.1, 0.15) is 0 Å². The van der Waals surface area contributed by atoms with Crippen LogP contribution in [0.4, 0.5) is 5.69 Å². The fourth-order valence-corrected chi connectivity index (χ4v) is 2.30. The van der Waals surface area contributed by atoms with Gasteiger partial charge in [-0.3, -0.25) is 9.59 Å². The maximum atomic E-state index is 11.8. The van der Waals surface area contributed by atoms with Crippen molar-refractivity contribution in [3.05, 3.63) is 24.3 Å². The van der Waals surface area contributed by atoms with Crippen LogP contribution in [0.15, 0.2) is 29.2 Å². The second-order valence-corrected chi connectivity index (χ2v) is 5.11. The van der Waals surface area contributed by atoms with Crippen LogP contribution in [0.25, 0.3) is 0 Å². The Labute approximate surface area is 110 Å². The summed E-state index contributed by atoms with van der Waals surface area (Å²) in [4.78, 5) is 23.5. The van der Waals surface area contributed by atoms with E-state index in [1.54, 1.807) is 0 Å². The van der Waals surface area contributed by atoms with Crippen molar-refractivity contribution in [3.8, 4) is 0 Å². The van der Waals surface area contributed by atoms with E-state index in [-0.39, 0.29) is 23.5 Å². The fraction of sp³-hybridized carbons (Fsp3) is 0.333. The number of nitrogens with one attached hydrogen (secondary N) is 2. The van der Waals surface area contributed by atoms with Gasteiger partial charge in [-0.05, 0) is 12.1 Å². The molecule has 1 saturated heterocycles. The molecule has 2 amide bonds. The quantitative estimate of drug-likeness (QED) is 0.674. The lowest BCUT2D eigenvalue weighted by atomic mass is 10.0. The Hall–Kier alpha value is -1.53. The molecule has 2 rings (SSSR count). The molecule has 0 radical (unpaired) electrons. The lowest BCUT2D eigenvalue weighted by Gasteiger charge is -2.26. The van der Waals surface area contributed by atoms with Crippen molar-refractivity contribution >= 4 is 29.3 Å². The van der Waals surface area contributed by atoms with Crippen molar-refractivity contribution in [2.75, 3.05) is 24.2 Å². The first-order valence-corrected chi connectivity index (χ1v) is 6.67. The van der Waals surface area contributed by atoms with Crippen LogP contribution in [-0.2, 0) is 9.59 Å². The summed E-state index contributed by atoms with van der Waals surface area (Å²) in [6.45, 7) is 1.45. The maximum absolute atomic E-state index is 11.8. The average Bonchev–Trinajstić information content (AvgIpc) is 2.25. The van der Waals surface area contributed by atoms with Crippen LogP contribution >= 0.6 is 11.8 Å². The van der Waals surface area contributed by atoms with Gasteiger partial charge in [-0.1, -0.05) is 12.1 Å². The minimum absolute atomic E-state index is 0.0147. The van der Waals surface area contributed by atoms with Crippen molar-refractivity contribution in [1.82, 2.24) is 5.32 Å². The van der Waals surface area contributed by atoms with E-state index in [9.17, 15) is 9.59 Å². The molecule has 1 aliphatic heterocycles. The number of amides is 2. The van der Waals surface area contributed by atoms with Gasteiger partial charge in [0.05, 0.1) is 17.4 Å². The molecule has 1 fully saturated rings. The number of carbonyl (C=O) groups excluding carboxylic acids is 2. The van der Waals surface area contributed by atoms with Crippen molar-refractivity contribution in [2.24, 2.45) is 11.7 Å². The molecule has 6 heteroatoms. The zero-order valence-electron chi connectivity index (χ0n) is 9.81. The van der Waals surface area contributed by atoms with Crippen LogP contribution in [0.3, 0.4) is 0 Å².